The van der Waals surface area contributed by atoms with Crippen LogP contribution in [0.1, 0.15) is 22.0 Å². The van der Waals surface area contributed by atoms with Crippen LogP contribution in [-0.2, 0) is 0 Å². The third kappa shape index (κ3) is 3.75. The lowest BCUT2D eigenvalue weighted by Gasteiger charge is -2.08. The van der Waals surface area contributed by atoms with Crippen molar-refractivity contribution < 1.29 is 18.7 Å². The van der Waals surface area contributed by atoms with Crippen LogP contribution in [-0.4, -0.2) is 36.5 Å². The topological polar surface area (TPSA) is 102 Å². The highest BCUT2D eigenvalue weighted by Gasteiger charge is 2.14. The molecule has 0 aliphatic rings. The summed E-state index contributed by atoms with van der Waals surface area (Å²) in [7, 11) is 3.14. The van der Waals surface area contributed by atoms with Crippen molar-refractivity contribution in [1.29, 1.82) is 0 Å². The molecule has 1 aromatic carbocycles. The van der Waals surface area contributed by atoms with Crippen LogP contribution in [0.25, 0.3) is 11.3 Å². The van der Waals surface area contributed by atoms with Gasteiger partial charge in [-0.25, -0.2) is 5.43 Å². The molecule has 0 unspecified atom stereocenters. The van der Waals surface area contributed by atoms with Crippen molar-refractivity contribution in [2.24, 2.45) is 5.10 Å². The molecule has 3 aromatic rings. The highest BCUT2D eigenvalue weighted by Crippen LogP contribution is 2.32. The lowest BCUT2D eigenvalue weighted by atomic mass is 10.1. The van der Waals surface area contributed by atoms with E-state index in [2.05, 4.69) is 20.7 Å². The third-order valence-corrected chi connectivity index (χ3v) is 3.62. The van der Waals surface area contributed by atoms with Crippen LogP contribution in [0.3, 0.4) is 0 Å². The number of carbonyl (C=O) groups is 1. The summed E-state index contributed by atoms with van der Waals surface area (Å²) >= 11 is 0. The van der Waals surface area contributed by atoms with Crippen molar-refractivity contribution in [2.45, 2.75) is 6.92 Å². The second-order valence-corrected chi connectivity index (χ2v) is 5.38. The maximum Gasteiger partial charge on any atom is 0.289 e. The number of ether oxygens (including phenoxy) is 2. The Balaban J connectivity index is 1.75. The molecule has 8 nitrogen and oxygen atoms in total. The number of amides is 1. The van der Waals surface area contributed by atoms with Crippen LogP contribution in [0.4, 0.5) is 0 Å². The van der Waals surface area contributed by atoms with Gasteiger partial charge in [0.05, 0.1) is 26.1 Å². The lowest BCUT2D eigenvalue weighted by molar-refractivity contribution is 0.0950. The molecular formula is C18H18N4O4. The molecular weight excluding hydrogens is 336 g/mol. The molecule has 26 heavy (non-hydrogen) atoms. The van der Waals surface area contributed by atoms with Crippen LogP contribution in [0.5, 0.6) is 11.5 Å². The van der Waals surface area contributed by atoms with Gasteiger partial charge in [0, 0.05) is 5.56 Å². The van der Waals surface area contributed by atoms with Gasteiger partial charge < -0.3 is 13.9 Å². The fraction of sp³-hybridized carbons (Fsp3) is 0.167. The van der Waals surface area contributed by atoms with E-state index in [1.165, 1.54) is 6.21 Å². The van der Waals surface area contributed by atoms with Crippen molar-refractivity contribution in [2.75, 3.05) is 14.2 Å². The molecule has 0 aliphatic carbocycles. The van der Waals surface area contributed by atoms with Gasteiger partial charge >= 0.3 is 0 Å². The van der Waals surface area contributed by atoms with Gasteiger partial charge in [-0.05, 0) is 43.3 Å². The monoisotopic (exact) mass is 354 g/mol. The highest BCUT2D eigenvalue weighted by molar-refractivity contribution is 5.94. The molecule has 0 saturated carbocycles. The van der Waals surface area contributed by atoms with Crippen molar-refractivity contribution in [3.63, 3.8) is 0 Å². The minimum absolute atomic E-state index is 0.262. The Morgan fingerprint density at radius 2 is 2.08 bits per heavy atom. The van der Waals surface area contributed by atoms with E-state index in [1.54, 1.807) is 44.6 Å². The molecule has 0 spiro atoms. The Labute approximate surface area is 149 Å². The van der Waals surface area contributed by atoms with E-state index in [9.17, 15) is 4.79 Å². The highest BCUT2D eigenvalue weighted by atomic mass is 16.5. The van der Waals surface area contributed by atoms with Gasteiger partial charge in [0.25, 0.3) is 5.91 Å². The first-order valence-electron chi connectivity index (χ1n) is 7.78. The second kappa shape index (κ2) is 7.56. The summed E-state index contributed by atoms with van der Waals surface area (Å²) in [5.74, 6) is 2.17. The van der Waals surface area contributed by atoms with Gasteiger partial charge in [-0.15, -0.1) is 0 Å². The summed E-state index contributed by atoms with van der Waals surface area (Å²) in [6.45, 7) is 1.83. The van der Waals surface area contributed by atoms with Crippen LogP contribution >= 0.6 is 0 Å². The second-order valence-electron chi connectivity index (χ2n) is 5.38. The van der Waals surface area contributed by atoms with Gasteiger partial charge in [-0.2, -0.15) is 10.2 Å². The molecule has 1 amide bonds. The first-order chi connectivity index (χ1) is 12.6. The average Bonchev–Trinajstić information content (AvgIpc) is 3.30. The zero-order chi connectivity index (χ0) is 18.5. The predicted octanol–water partition coefficient (Wildman–Crippen LogP) is 2.76. The largest absolute Gasteiger partial charge is 0.497 e. The number of nitrogens with zero attached hydrogens (tertiary/aromatic N) is 2. The van der Waals surface area contributed by atoms with Crippen LogP contribution in [0.15, 0.2) is 45.9 Å². The number of furan rings is 1. The minimum atomic E-state index is -0.426. The average molecular weight is 354 g/mol. The molecule has 2 heterocycles. The number of hydrogen-bond donors (Lipinski definition) is 2. The quantitative estimate of drug-likeness (QED) is 0.523. The summed E-state index contributed by atoms with van der Waals surface area (Å²) in [6.07, 6.45) is 1.42. The molecule has 0 atom stereocenters. The molecule has 0 fully saturated rings. The first kappa shape index (κ1) is 17.3. The maximum absolute atomic E-state index is 12.2. The molecule has 0 saturated heterocycles. The standard InChI is InChI=1S/C18H18N4O4/c1-11-4-5-13(26-11)10-19-22-18(23)16-9-15(20-21-16)14-8-12(24-2)6-7-17(14)25-3/h4-10H,1-3H3,(H,20,21)(H,22,23). The van der Waals surface area contributed by atoms with Gasteiger partial charge in [0.2, 0.25) is 0 Å². The van der Waals surface area contributed by atoms with E-state index in [-0.39, 0.29) is 5.69 Å². The summed E-state index contributed by atoms with van der Waals surface area (Å²) in [6, 6.07) is 10.5. The van der Waals surface area contributed by atoms with E-state index in [1.807, 2.05) is 13.0 Å². The molecule has 0 bridgehead atoms. The first-order valence-corrected chi connectivity index (χ1v) is 7.78. The maximum atomic E-state index is 12.2. The number of H-pyrrole nitrogens is 1. The zero-order valence-corrected chi connectivity index (χ0v) is 14.6. The van der Waals surface area contributed by atoms with Crippen molar-refractivity contribution >= 4 is 12.1 Å². The Morgan fingerprint density at radius 3 is 2.77 bits per heavy atom. The number of benzene rings is 1. The number of methoxy groups -OCH3 is 2. The number of aromatic nitrogens is 2. The normalized spacial score (nSPS) is 10.9. The van der Waals surface area contributed by atoms with Crippen LogP contribution in [0, 0.1) is 6.92 Å². The SMILES string of the molecule is COc1ccc(OC)c(-c2cc(C(=O)NN=Cc3ccc(C)o3)[nH]n2)c1. The van der Waals surface area contributed by atoms with E-state index in [0.717, 1.165) is 5.76 Å². The Kier molecular flexibility index (Phi) is 5.02. The summed E-state index contributed by atoms with van der Waals surface area (Å²) in [5.41, 5.74) is 3.94. The Hall–Kier alpha value is -3.55. The lowest BCUT2D eigenvalue weighted by Crippen LogP contribution is -2.17. The van der Waals surface area contributed by atoms with E-state index in [4.69, 9.17) is 13.9 Å². The van der Waals surface area contributed by atoms with Crippen LogP contribution < -0.4 is 14.9 Å². The molecule has 0 aliphatic heterocycles. The summed E-state index contributed by atoms with van der Waals surface area (Å²) in [4.78, 5) is 12.2. The molecule has 2 aromatic heterocycles. The van der Waals surface area contributed by atoms with E-state index < -0.39 is 5.91 Å². The number of rotatable bonds is 6. The Bertz CT molecular complexity index is 942. The third-order valence-electron chi connectivity index (χ3n) is 3.62. The van der Waals surface area contributed by atoms with Gasteiger partial charge in [0.1, 0.15) is 28.7 Å². The van der Waals surface area contributed by atoms with Gasteiger partial charge in [-0.3, -0.25) is 9.89 Å². The fourth-order valence-electron chi connectivity index (χ4n) is 2.33. The predicted molar refractivity (Wildman–Crippen MR) is 95.6 cm³/mol. The van der Waals surface area contributed by atoms with Crippen molar-refractivity contribution in [3.8, 4) is 22.8 Å². The number of nitrogens with one attached hydrogen (secondary N) is 2. The number of carbonyl (C=O) groups excluding carboxylic acids is 1. The smallest absolute Gasteiger partial charge is 0.289 e. The molecule has 134 valence electrons. The van der Waals surface area contributed by atoms with Gasteiger partial charge in [0.15, 0.2) is 0 Å². The van der Waals surface area contributed by atoms with E-state index in [0.29, 0.717) is 28.5 Å². The number of hydrazone groups is 1. The Morgan fingerprint density at radius 1 is 1.23 bits per heavy atom. The number of aromatic amines is 1. The minimum Gasteiger partial charge on any atom is -0.497 e. The summed E-state index contributed by atoms with van der Waals surface area (Å²) in [5, 5.41) is 10.7. The summed E-state index contributed by atoms with van der Waals surface area (Å²) < 4.78 is 15.9. The molecule has 3 rings (SSSR count). The molecule has 0 radical (unpaired) electrons. The van der Waals surface area contributed by atoms with Crippen LogP contribution in [0.2, 0.25) is 0 Å². The van der Waals surface area contributed by atoms with Gasteiger partial charge in [-0.1, -0.05) is 0 Å². The molecule has 8 heteroatoms. The fourth-order valence-corrected chi connectivity index (χ4v) is 2.33. The zero-order valence-electron chi connectivity index (χ0n) is 14.6. The number of hydrogen-bond acceptors (Lipinski definition) is 6. The number of aryl methyl sites for hydroxylation is 1. The van der Waals surface area contributed by atoms with Crippen molar-refractivity contribution in [3.05, 3.63) is 53.6 Å². The van der Waals surface area contributed by atoms with Crippen molar-refractivity contribution in [1.82, 2.24) is 15.6 Å². The molecule has 2 N–H and O–H groups in total. The van der Waals surface area contributed by atoms with E-state index >= 15 is 0 Å².